The van der Waals surface area contributed by atoms with Crippen LogP contribution in [0.25, 0.3) is 82.1 Å². The highest BCUT2D eigenvalue weighted by Crippen LogP contribution is 2.47. The molecule has 2 heteroatoms. The van der Waals surface area contributed by atoms with E-state index in [4.69, 9.17) is 0 Å². The molecule has 0 fully saturated rings. The molecular formula is C68H66N2. The van der Waals surface area contributed by atoms with Gasteiger partial charge < -0.3 is 9.47 Å². The van der Waals surface area contributed by atoms with Gasteiger partial charge in [-0.2, -0.15) is 0 Å². The van der Waals surface area contributed by atoms with Gasteiger partial charge in [-0.1, -0.05) is 204 Å². The molecule has 348 valence electrons. The van der Waals surface area contributed by atoms with E-state index < -0.39 is 0 Å². The molecule has 0 aliphatic heterocycles. The van der Waals surface area contributed by atoms with Gasteiger partial charge in [-0.05, 0) is 148 Å². The molecule has 70 heavy (non-hydrogen) atoms. The maximum Gasteiger partial charge on any atom is 0.0541 e. The van der Waals surface area contributed by atoms with Crippen LogP contribution in [0.3, 0.4) is 0 Å². The van der Waals surface area contributed by atoms with Gasteiger partial charge in [0.05, 0.1) is 22.4 Å². The number of anilines is 3. The van der Waals surface area contributed by atoms with Gasteiger partial charge in [0.15, 0.2) is 0 Å². The molecule has 0 atom stereocenters. The summed E-state index contributed by atoms with van der Waals surface area (Å²) in [4.78, 5) is 2.43. The van der Waals surface area contributed by atoms with Crippen molar-refractivity contribution in [2.75, 3.05) is 4.90 Å². The molecule has 1 aromatic heterocycles. The van der Waals surface area contributed by atoms with E-state index >= 15 is 0 Å². The quantitative estimate of drug-likeness (QED) is 0.151. The van der Waals surface area contributed by atoms with E-state index in [1.807, 2.05) is 0 Å². The van der Waals surface area contributed by atoms with Crippen molar-refractivity contribution in [3.05, 3.63) is 204 Å². The van der Waals surface area contributed by atoms with Gasteiger partial charge in [0.25, 0.3) is 0 Å². The average Bonchev–Trinajstić information content (AvgIpc) is 3.66. The molecule has 0 bridgehead atoms. The third-order valence-corrected chi connectivity index (χ3v) is 15.0. The molecule has 0 aliphatic carbocycles. The van der Waals surface area contributed by atoms with Crippen LogP contribution in [-0.4, -0.2) is 4.57 Å². The lowest BCUT2D eigenvalue weighted by molar-refractivity contribution is 0.569. The number of hydrogen-bond acceptors (Lipinski definition) is 1. The first-order valence-corrected chi connectivity index (χ1v) is 25.2. The Morgan fingerprint density at radius 2 is 0.743 bits per heavy atom. The van der Waals surface area contributed by atoms with Crippen LogP contribution in [0.4, 0.5) is 17.1 Å². The zero-order valence-electron chi connectivity index (χ0n) is 43.2. The Labute approximate surface area is 415 Å². The Balaban J connectivity index is 1.03. The molecule has 0 aliphatic rings. The summed E-state index contributed by atoms with van der Waals surface area (Å²) in [7, 11) is 0. The van der Waals surface area contributed by atoms with Crippen LogP contribution in [-0.2, 0) is 21.7 Å². The van der Waals surface area contributed by atoms with E-state index in [2.05, 4.69) is 275 Å². The topological polar surface area (TPSA) is 8.17 Å². The molecule has 2 nitrogen and oxygen atoms in total. The monoisotopic (exact) mass is 911 g/mol. The van der Waals surface area contributed by atoms with Crippen molar-refractivity contribution in [1.82, 2.24) is 4.57 Å². The largest absolute Gasteiger partial charge is 0.310 e. The lowest BCUT2D eigenvalue weighted by Gasteiger charge is -2.28. The Morgan fingerprint density at radius 3 is 1.26 bits per heavy atom. The summed E-state index contributed by atoms with van der Waals surface area (Å²) < 4.78 is 2.52. The Morgan fingerprint density at radius 1 is 0.314 bits per heavy atom. The summed E-state index contributed by atoms with van der Waals surface area (Å²) in [6, 6.07) is 69.2. The summed E-state index contributed by atoms with van der Waals surface area (Å²) >= 11 is 0. The van der Waals surface area contributed by atoms with Crippen molar-refractivity contribution in [2.45, 2.75) is 105 Å². The molecule has 0 amide bonds. The molecule has 0 spiro atoms. The summed E-state index contributed by atoms with van der Waals surface area (Å²) in [5.74, 6) is 0. The van der Waals surface area contributed by atoms with E-state index in [9.17, 15) is 0 Å². The molecule has 0 radical (unpaired) electrons. The van der Waals surface area contributed by atoms with Gasteiger partial charge in [-0.3, -0.25) is 0 Å². The fourth-order valence-electron chi connectivity index (χ4n) is 10.7. The van der Waals surface area contributed by atoms with Crippen molar-refractivity contribution in [2.24, 2.45) is 0 Å². The molecule has 0 unspecified atom stereocenters. The second-order valence-electron chi connectivity index (χ2n) is 24.0. The predicted molar refractivity (Wildman–Crippen MR) is 305 cm³/mol. The summed E-state index contributed by atoms with van der Waals surface area (Å²) in [5, 5.41) is 10.2. The third kappa shape index (κ3) is 7.83. The molecule has 1 heterocycles. The third-order valence-electron chi connectivity index (χ3n) is 15.0. The predicted octanol–water partition coefficient (Wildman–Crippen LogP) is 19.7. The van der Waals surface area contributed by atoms with Gasteiger partial charge >= 0.3 is 0 Å². The van der Waals surface area contributed by atoms with Gasteiger partial charge in [0.2, 0.25) is 0 Å². The molecule has 11 rings (SSSR count). The van der Waals surface area contributed by atoms with E-state index in [1.165, 1.54) is 104 Å². The fourth-order valence-corrected chi connectivity index (χ4v) is 10.7. The highest BCUT2D eigenvalue weighted by molar-refractivity contribution is 6.27. The number of rotatable bonds is 6. The van der Waals surface area contributed by atoms with Gasteiger partial charge in [0.1, 0.15) is 0 Å². The van der Waals surface area contributed by atoms with Crippen LogP contribution < -0.4 is 4.90 Å². The summed E-state index contributed by atoms with van der Waals surface area (Å²) in [6.45, 7) is 27.7. The Hall–Kier alpha value is -7.16. The molecule has 0 N–H and O–H groups in total. The van der Waals surface area contributed by atoms with Crippen molar-refractivity contribution in [3.63, 3.8) is 0 Å². The van der Waals surface area contributed by atoms with Gasteiger partial charge in [-0.25, -0.2) is 0 Å². The second kappa shape index (κ2) is 16.2. The van der Waals surface area contributed by atoms with Crippen LogP contribution in [0.2, 0.25) is 0 Å². The van der Waals surface area contributed by atoms with E-state index in [0.717, 1.165) is 17.1 Å². The lowest BCUT2D eigenvalue weighted by atomic mass is 9.79. The molecule has 11 aromatic rings. The minimum Gasteiger partial charge on any atom is -0.310 e. The Kier molecular flexibility index (Phi) is 10.5. The van der Waals surface area contributed by atoms with Crippen molar-refractivity contribution >= 4 is 71.2 Å². The average molecular weight is 911 g/mol. The summed E-state index contributed by atoms with van der Waals surface area (Å²) in [5.41, 5.74) is 17.6. The maximum atomic E-state index is 2.52. The first kappa shape index (κ1) is 45.3. The Bertz CT molecular complexity index is 3660. The molecule has 0 saturated carbocycles. The maximum absolute atomic E-state index is 2.52. The zero-order valence-corrected chi connectivity index (χ0v) is 43.2. The highest BCUT2D eigenvalue weighted by atomic mass is 15.1. The van der Waals surface area contributed by atoms with Gasteiger partial charge in [0, 0.05) is 32.9 Å². The molecule has 10 aromatic carbocycles. The van der Waals surface area contributed by atoms with E-state index in [1.54, 1.807) is 0 Å². The lowest BCUT2D eigenvalue weighted by Crippen LogP contribution is -2.16. The highest BCUT2D eigenvalue weighted by Gasteiger charge is 2.25. The van der Waals surface area contributed by atoms with Crippen LogP contribution >= 0.6 is 0 Å². The van der Waals surface area contributed by atoms with Crippen LogP contribution in [0, 0.1) is 0 Å². The standard InChI is InChI=1S/C68H66N2/c1-65(2,3)49-28-36-61-57(41-49)58-42-50(66(4,5)6)29-37-62(58)70(61)60-35-27-47-24-32-55-59(34-26-46-25-33-56(60)64(47)63(46)55)69(53-16-14-13-15-17-53)54-30-22-44(23-31-54)43-18-20-45(21-19-43)48-38-51(67(7,8)9)40-52(39-48)68(10,11)12/h13-42H,1-12H3. The number of hydrogen-bond donors (Lipinski definition) is 0. The van der Waals surface area contributed by atoms with Crippen molar-refractivity contribution in [1.29, 1.82) is 0 Å². The molecule has 0 saturated heterocycles. The minimum absolute atomic E-state index is 0.0359. The number of nitrogens with zero attached hydrogens (tertiary/aromatic N) is 2. The summed E-state index contributed by atoms with van der Waals surface area (Å²) in [6.07, 6.45) is 0. The molecular weight excluding hydrogens is 845 g/mol. The minimum atomic E-state index is 0.0359. The van der Waals surface area contributed by atoms with Crippen LogP contribution in [0.5, 0.6) is 0 Å². The number of para-hydroxylation sites is 1. The SMILES string of the molecule is CC(C)(C)c1cc(-c2ccc(-c3ccc(N(c4ccccc4)c4ccc5ccc6c(-n7c8ccc(C(C)(C)C)cc8c8cc(C(C)(C)C)ccc87)ccc7ccc4c5c76)cc3)cc2)cc(C(C)(C)C)c1. The number of benzene rings is 10. The zero-order chi connectivity index (χ0) is 49.1. The first-order valence-electron chi connectivity index (χ1n) is 25.2. The number of fused-ring (bicyclic) bond motifs is 3. The van der Waals surface area contributed by atoms with E-state index in [0.29, 0.717) is 0 Å². The van der Waals surface area contributed by atoms with Crippen LogP contribution in [0.1, 0.15) is 105 Å². The van der Waals surface area contributed by atoms with Crippen LogP contribution in [0.15, 0.2) is 182 Å². The fraction of sp³-hybridized carbons (Fsp3) is 0.235. The normalized spacial score (nSPS) is 12.9. The first-order chi connectivity index (χ1) is 33.2. The van der Waals surface area contributed by atoms with Gasteiger partial charge in [-0.15, -0.1) is 0 Å². The smallest absolute Gasteiger partial charge is 0.0541 e. The second-order valence-corrected chi connectivity index (χ2v) is 24.0. The van der Waals surface area contributed by atoms with E-state index in [-0.39, 0.29) is 21.7 Å². The number of aromatic nitrogens is 1. The van der Waals surface area contributed by atoms with Crippen molar-refractivity contribution < 1.29 is 0 Å². The van der Waals surface area contributed by atoms with Crippen molar-refractivity contribution in [3.8, 4) is 27.9 Å².